The summed E-state index contributed by atoms with van der Waals surface area (Å²) in [5, 5.41) is 4.54. The molecule has 6 heteroatoms. The highest BCUT2D eigenvalue weighted by Gasteiger charge is 2.60. The number of carbonyl (C=O) groups excluding carboxylic acids is 1. The molecular formula is C34H38N2O4. The summed E-state index contributed by atoms with van der Waals surface area (Å²) in [6.45, 7) is 4.89. The van der Waals surface area contributed by atoms with Crippen molar-refractivity contribution in [3.05, 3.63) is 89.2 Å². The summed E-state index contributed by atoms with van der Waals surface area (Å²) >= 11 is 0. The number of anilines is 1. The fourth-order valence-corrected chi connectivity index (χ4v) is 9.77. The van der Waals surface area contributed by atoms with Crippen LogP contribution in [0.15, 0.2) is 83.6 Å². The van der Waals surface area contributed by atoms with Crippen LogP contribution >= 0.6 is 0 Å². The van der Waals surface area contributed by atoms with Crippen LogP contribution in [0.25, 0.3) is 10.8 Å². The Morgan fingerprint density at radius 2 is 1.90 bits per heavy atom. The zero-order valence-electron chi connectivity index (χ0n) is 23.4. The van der Waals surface area contributed by atoms with Gasteiger partial charge in [0.2, 0.25) is 5.91 Å². The zero-order valence-corrected chi connectivity index (χ0v) is 23.4. The lowest BCUT2D eigenvalue weighted by molar-refractivity contribution is -0.153. The van der Waals surface area contributed by atoms with Gasteiger partial charge in [-0.1, -0.05) is 38.1 Å². The van der Waals surface area contributed by atoms with Crippen molar-refractivity contribution in [1.29, 1.82) is 0 Å². The van der Waals surface area contributed by atoms with Crippen molar-refractivity contribution in [2.45, 2.75) is 77.7 Å². The van der Waals surface area contributed by atoms with Crippen LogP contribution in [0.3, 0.4) is 0 Å². The lowest BCUT2D eigenvalue weighted by Crippen LogP contribution is -2.55. The number of benzene rings is 1. The summed E-state index contributed by atoms with van der Waals surface area (Å²) in [6, 6.07) is 7.12. The van der Waals surface area contributed by atoms with Crippen LogP contribution in [-0.4, -0.2) is 10.5 Å². The van der Waals surface area contributed by atoms with E-state index >= 15 is 0 Å². The molecule has 8 rings (SSSR count). The molecule has 4 bridgehead atoms. The molecule has 3 unspecified atom stereocenters. The molecule has 1 amide bonds. The van der Waals surface area contributed by atoms with Crippen molar-refractivity contribution in [2.24, 2.45) is 22.2 Å². The Morgan fingerprint density at radius 3 is 2.60 bits per heavy atom. The van der Waals surface area contributed by atoms with Crippen LogP contribution in [0.2, 0.25) is 0 Å². The van der Waals surface area contributed by atoms with Crippen LogP contribution in [0.1, 0.15) is 77.7 Å². The first kappa shape index (κ1) is 25.4. The minimum absolute atomic E-state index is 0.0625. The molecule has 40 heavy (non-hydrogen) atoms. The molecule has 3 atom stereocenters. The molecule has 6 nitrogen and oxygen atoms in total. The van der Waals surface area contributed by atoms with Crippen LogP contribution in [0.5, 0.6) is 0 Å². The molecule has 1 aromatic heterocycles. The number of fused-ring (bicyclic) bond motifs is 1. The second-order valence-corrected chi connectivity index (χ2v) is 13.8. The van der Waals surface area contributed by atoms with Crippen molar-refractivity contribution >= 4 is 22.4 Å². The number of amides is 1. The largest absolute Gasteiger partial charge is 0.466 e. The Hall–Kier alpha value is -3.54. The van der Waals surface area contributed by atoms with E-state index in [9.17, 15) is 9.59 Å². The Bertz CT molecular complexity index is 1540. The van der Waals surface area contributed by atoms with Gasteiger partial charge in [-0.15, -0.1) is 0 Å². The molecule has 0 saturated heterocycles. The van der Waals surface area contributed by atoms with E-state index < -0.39 is 6.04 Å². The number of hydrogen-bond acceptors (Lipinski definition) is 4. The first-order chi connectivity index (χ1) is 19.2. The molecule has 1 N–H and O–H groups in total. The van der Waals surface area contributed by atoms with Gasteiger partial charge in [-0.25, -0.2) is 0 Å². The predicted octanol–water partition coefficient (Wildman–Crippen LogP) is 7.50. The fourth-order valence-electron chi connectivity index (χ4n) is 9.77. The number of nitrogens with zero attached hydrogens (tertiary/aromatic N) is 1. The molecule has 4 fully saturated rings. The quantitative estimate of drug-likeness (QED) is 0.413. The topological polar surface area (TPSA) is 69.6 Å². The molecule has 5 aliphatic carbocycles. The Labute approximate surface area is 235 Å². The maximum absolute atomic E-state index is 13.9. The maximum Gasteiger partial charge on any atom is 0.259 e. The third-order valence-electron chi connectivity index (χ3n) is 9.99. The van der Waals surface area contributed by atoms with E-state index in [0.29, 0.717) is 34.1 Å². The van der Waals surface area contributed by atoms with E-state index in [2.05, 4.69) is 31.3 Å². The van der Waals surface area contributed by atoms with Crippen molar-refractivity contribution in [3.63, 3.8) is 0 Å². The van der Waals surface area contributed by atoms with Crippen LogP contribution in [0, 0.1) is 22.2 Å². The van der Waals surface area contributed by atoms with E-state index in [-0.39, 0.29) is 16.9 Å². The number of nitrogens with one attached hydrogen (secondary N) is 1. The number of ether oxygens (including phenoxy) is 2. The monoisotopic (exact) mass is 538 g/mol. The highest BCUT2D eigenvalue weighted by Crippen LogP contribution is 2.70. The average Bonchev–Trinajstić information content (AvgIpc) is 2.89. The van der Waals surface area contributed by atoms with Gasteiger partial charge in [0.1, 0.15) is 24.8 Å². The molecule has 6 aliphatic rings. The standard InChI is InChI=1S/C34H38N2O4/c1-32-15-23-16-33(2,20-32)22-34(17-23,21-32)18-29(37)35-27-10-6-9-26-25(27)11-12-36(31(26)38)30(24-7-4-3-5-8-24)28-19-39-13-14-40-28/h3-4,6-7,9-14,19,23,30H,5,8,15-18,20-22H2,1-2H3,(H,35,37). The predicted molar refractivity (Wildman–Crippen MR) is 156 cm³/mol. The number of rotatable bonds is 6. The second-order valence-electron chi connectivity index (χ2n) is 13.8. The highest BCUT2D eigenvalue weighted by atomic mass is 16.5. The molecule has 4 saturated carbocycles. The summed E-state index contributed by atoms with van der Waals surface area (Å²) in [4.78, 5) is 27.5. The van der Waals surface area contributed by atoms with Gasteiger partial charge >= 0.3 is 0 Å². The van der Waals surface area contributed by atoms with Gasteiger partial charge in [0.05, 0.1) is 0 Å². The number of allylic oxidation sites excluding steroid dienone is 4. The molecule has 2 heterocycles. The summed E-state index contributed by atoms with van der Waals surface area (Å²) in [5.41, 5.74) is 2.50. The minimum atomic E-state index is -0.413. The lowest BCUT2D eigenvalue weighted by atomic mass is 9.40. The summed E-state index contributed by atoms with van der Waals surface area (Å²) in [5.74, 6) is 1.38. The van der Waals surface area contributed by atoms with Crippen molar-refractivity contribution in [2.75, 3.05) is 5.32 Å². The van der Waals surface area contributed by atoms with Gasteiger partial charge in [-0.2, -0.15) is 0 Å². The second kappa shape index (κ2) is 9.25. The van der Waals surface area contributed by atoms with E-state index in [1.165, 1.54) is 38.2 Å². The molecule has 0 radical (unpaired) electrons. The van der Waals surface area contributed by atoms with Gasteiger partial charge in [0.25, 0.3) is 5.56 Å². The average molecular weight is 539 g/mol. The highest BCUT2D eigenvalue weighted by molar-refractivity contribution is 6.02. The first-order valence-corrected chi connectivity index (χ1v) is 14.7. The van der Waals surface area contributed by atoms with Crippen LogP contribution < -0.4 is 10.9 Å². The summed E-state index contributed by atoms with van der Waals surface area (Å²) < 4.78 is 12.9. The van der Waals surface area contributed by atoms with Gasteiger partial charge in [-0.05, 0) is 97.3 Å². The normalized spacial score (nSPS) is 32.7. The molecule has 2 aromatic rings. The third-order valence-corrected chi connectivity index (χ3v) is 9.99. The lowest BCUT2D eigenvalue weighted by Gasteiger charge is -2.65. The number of hydrogen-bond donors (Lipinski definition) is 1. The third kappa shape index (κ3) is 4.42. The van der Waals surface area contributed by atoms with Gasteiger partial charge in [-0.3, -0.25) is 9.59 Å². The van der Waals surface area contributed by atoms with Gasteiger partial charge in [0, 0.05) is 29.1 Å². The summed E-state index contributed by atoms with van der Waals surface area (Å²) in [7, 11) is 0. The smallest absolute Gasteiger partial charge is 0.259 e. The minimum Gasteiger partial charge on any atom is -0.466 e. The summed E-state index contributed by atoms with van der Waals surface area (Å²) in [6.07, 6.45) is 22.2. The van der Waals surface area contributed by atoms with E-state index in [0.717, 1.165) is 42.6 Å². The zero-order chi connectivity index (χ0) is 27.5. The van der Waals surface area contributed by atoms with Gasteiger partial charge < -0.3 is 19.4 Å². The molecule has 1 aliphatic heterocycles. The number of carbonyl (C=O) groups is 1. The van der Waals surface area contributed by atoms with Gasteiger partial charge in [0.15, 0.2) is 5.76 Å². The van der Waals surface area contributed by atoms with Crippen LogP contribution in [-0.2, 0) is 14.3 Å². The molecule has 0 spiro atoms. The number of pyridine rings is 1. The Morgan fingerprint density at radius 1 is 1.07 bits per heavy atom. The maximum atomic E-state index is 13.9. The Kier molecular flexibility index (Phi) is 5.88. The SMILES string of the molecule is CC12CC3CC(C)(C1)CC(CC(=O)Nc1cccc4c(=O)n(C(C5=CC=CCC5)C5=COC=CO5)ccc14)(C3)C2. The number of aromatic nitrogens is 1. The Balaban J connectivity index is 1.18. The van der Waals surface area contributed by atoms with Crippen molar-refractivity contribution < 1.29 is 14.3 Å². The molecule has 1 aromatic carbocycles. The fraction of sp³-hybridized carbons (Fsp3) is 0.471. The van der Waals surface area contributed by atoms with E-state index in [1.807, 2.05) is 36.5 Å². The van der Waals surface area contributed by atoms with Crippen molar-refractivity contribution in [3.8, 4) is 0 Å². The molecule has 208 valence electrons. The van der Waals surface area contributed by atoms with Crippen LogP contribution in [0.4, 0.5) is 5.69 Å². The van der Waals surface area contributed by atoms with Crippen molar-refractivity contribution in [1.82, 2.24) is 4.57 Å². The first-order valence-electron chi connectivity index (χ1n) is 14.7. The van der Waals surface area contributed by atoms with E-state index in [4.69, 9.17) is 9.47 Å². The van der Waals surface area contributed by atoms with E-state index in [1.54, 1.807) is 10.8 Å². The molecular weight excluding hydrogens is 500 g/mol.